The molecule has 0 bridgehead atoms. The second-order valence-corrected chi connectivity index (χ2v) is 8.04. The topological polar surface area (TPSA) is 70.0 Å². The Kier molecular flexibility index (Phi) is 4.07. The van der Waals surface area contributed by atoms with E-state index in [2.05, 4.69) is 42.7 Å². The summed E-state index contributed by atoms with van der Waals surface area (Å²) in [5.74, 6) is 0. The molecule has 0 heterocycles. The largest absolute Gasteiger partial charge is 0.243 e. The number of nitrogens with one attached hydrogen (secondary N) is 1. The van der Waals surface area contributed by atoms with E-state index in [9.17, 15) is 8.42 Å². The van der Waals surface area contributed by atoms with Gasteiger partial charge in [-0.25, -0.2) is 8.42 Å². The summed E-state index contributed by atoms with van der Waals surface area (Å²) in [5.41, 5.74) is -0.000195. The standard InChI is InChI=1S/C12H12Br2N2O2S/c1-8-5-10(14)11(6-9(8)13)19(17,18)16-12(7-15)3-2-4-12/h5-6,16H,2-4H2,1H3. The molecule has 0 unspecified atom stereocenters. The lowest BCUT2D eigenvalue weighted by Gasteiger charge is -2.35. The zero-order valence-electron chi connectivity index (χ0n) is 10.2. The number of aryl methyl sites for hydroxylation is 1. The van der Waals surface area contributed by atoms with Crippen molar-refractivity contribution < 1.29 is 8.42 Å². The third-order valence-electron chi connectivity index (χ3n) is 3.25. The maximum absolute atomic E-state index is 12.4. The first-order valence-electron chi connectivity index (χ1n) is 5.70. The van der Waals surface area contributed by atoms with Crippen molar-refractivity contribution in [3.05, 3.63) is 26.6 Å². The highest BCUT2D eigenvalue weighted by molar-refractivity contribution is 9.11. The average Bonchev–Trinajstić information content (AvgIpc) is 2.28. The number of hydrogen-bond donors (Lipinski definition) is 1. The third-order valence-corrected chi connectivity index (χ3v) is 6.60. The summed E-state index contributed by atoms with van der Waals surface area (Å²) in [4.78, 5) is 0.145. The zero-order valence-corrected chi connectivity index (χ0v) is 14.2. The van der Waals surface area contributed by atoms with Crippen molar-refractivity contribution in [3.8, 4) is 6.07 Å². The van der Waals surface area contributed by atoms with Crippen LogP contribution in [-0.4, -0.2) is 14.0 Å². The minimum absolute atomic E-state index is 0.145. The van der Waals surface area contributed by atoms with E-state index < -0.39 is 15.6 Å². The molecule has 0 saturated heterocycles. The molecule has 1 saturated carbocycles. The summed E-state index contributed by atoms with van der Waals surface area (Å²) >= 11 is 6.59. The van der Waals surface area contributed by atoms with E-state index in [0.717, 1.165) is 16.5 Å². The van der Waals surface area contributed by atoms with Crippen LogP contribution in [0.1, 0.15) is 24.8 Å². The fraction of sp³-hybridized carbons (Fsp3) is 0.417. The first kappa shape index (κ1) is 15.0. The van der Waals surface area contributed by atoms with Crippen LogP contribution in [0, 0.1) is 18.3 Å². The van der Waals surface area contributed by atoms with E-state index in [1.54, 1.807) is 12.1 Å². The fourth-order valence-electron chi connectivity index (χ4n) is 1.91. The Morgan fingerprint density at radius 2 is 1.95 bits per heavy atom. The zero-order chi connectivity index (χ0) is 14.3. The summed E-state index contributed by atoms with van der Waals surface area (Å²) in [6.45, 7) is 1.88. The third kappa shape index (κ3) is 2.87. The monoisotopic (exact) mass is 406 g/mol. The van der Waals surface area contributed by atoms with Crippen LogP contribution in [0.25, 0.3) is 0 Å². The van der Waals surface area contributed by atoms with Crippen LogP contribution in [0.4, 0.5) is 0 Å². The lowest BCUT2D eigenvalue weighted by Crippen LogP contribution is -2.52. The van der Waals surface area contributed by atoms with Crippen molar-refractivity contribution >= 4 is 41.9 Å². The molecule has 1 aliphatic rings. The van der Waals surface area contributed by atoms with E-state index in [0.29, 0.717) is 17.3 Å². The van der Waals surface area contributed by atoms with Gasteiger partial charge >= 0.3 is 0 Å². The molecular weight excluding hydrogens is 396 g/mol. The summed E-state index contributed by atoms with van der Waals surface area (Å²) < 4.78 is 28.5. The van der Waals surface area contributed by atoms with Gasteiger partial charge in [0.1, 0.15) is 5.54 Å². The lowest BCUT2D eigenvalue weighted by molar-refractivity contribution is 0.296. The molecule has 19 heavy (non-hydrogen) atoms. The van der Waals surface area contributed by atoms with E-state index in [1.807, 2.05) is 6.92 Å². The molecule has 0 spiro atoms. The SMILES string of the molecule is Cc1cc(Br)c(S(=O)(=O)NC2(C#N)CCC2)cc1Br. The normalized spacial score (nSPS) is 17.6. The van der Waals surface area contributed by atoms with Crippen molar-refractivity contribution in [3.63, 3.8) is 0 Å². The maximum Gasteiger partial charge on any atom is 0.243 e. The summed E-state index contributed by atoms with van der Waals surface area (Å²) in [7, 11) is -3.71. The van der Waals surface area contributed by atoms with Crippen LogP contribution in [0.15, 0.2) is 26.0 Å². The Labute approximate surface area is 129 Å². The van der Waals surface area contributed by atoms with Crippen LogP contribution in [-0.2, 0) is 10.0 Å². The summed E-state index contributed by atoms with van der Waals surface area (Å²) in [6, 6.07) is 5.35. The van der Waals surface area contributed by atoms with Crippen LogP contribution in [0.5, 0.6) is 0 Å². The predicted molar refractivity (Wildman–Crippen MR) is 79.1 cm³/mol. The number of nitriles is 1. The molecule has 1 aromatic carbocycles. The molecular formula is C12H12Br2N2O2S. The molecule has 2 rings (SSSR count). The first-order chi connectivity index (χ1) is 8.80. The highest BCUT2D eigenvalue weighted by Gasteiger charge is 2.41. The van der Waals surface area contributed by atoms with E-state index >= 15 is 0 Å². The Balaban J connectivity index is 2.41. The number of benzene rings is 1. The van der Waals surface area contributed by atoms with Gasteiger partial charge in [0.05, 0.1) is 11.0 Å². The number of rotatable bonds is 3. The number of hydrogen-bond acceptors (Lipinski definition) is 3. The van der Waals surface area contributed by atoms with Gasteiger partial charge in [0.25, 0.3) is 0 Å². The predicted octanol–water partition coefficient (Wildman–Crippen LogP) is 3.24. The van der Waals surface area contributed by atoms with Gasteiger partial charge in [-0.2, -0.15) is 9.98 Å². The highest BCUT2D eigenvalue weighted by Crippen LogP contribution is 2.35. The van der Waals surface area contributed by atoms with Gasteiger partial charge in [0.2, 0.25) is 10.0 Å². The summed E-state index contributed by atoms with van der Waals surface area (Å²) in [6.07, 6.45) is 2.00. The quantitative estimate of drug-likeness (QED) is 0.835. The minimum atomic E-state index is -3.71. The van der Waals surface area contributed by atoms with Crippen molar-refractivity contribution in [1.29, 1.82) is 5.26 Å². The van der Waals surface area contributed by atoms with Gasteiger partial charge in [-0.15, -0.1) is 0 Å². The van der Waals surface area contributed by atoms with E-state index in [4.69, 9.17) is 5.26 Å². The number of halogens is 2. The molecule has 7 heteroatoms. The second kappa shape index (κ2) is 5.17. The minimum Gasteiger partial charge on any atom is -0.207 e. The number of nitrogens with zero attached hydrogens (tertiary/aromatic N) is 1. The molecule has 1 N–H and O–H groups in total. The Morgan fingerprint density at radius 1 is 1.32 bits per heavy atom. The lowest BCUT2D eigenvalue weighted by atomic mass is 9.79. The molecule has 4 nitrogen and oxygen atoms in total. The van der Waals surface area contributed by atoms with Gasteiger partial charge in [0.15, 0.2) is 0 Å². The van der Waals surface area contributed by atoms with Crippen molar-refractivity contribution in [2.75, 3.05) is 0 Å². The van der Waals surface area contributed by atoms with Crippen LogP contribution < -0.4 is 4.72 Å². The summed E-state index contributed by atoms with van der Waals surface area (Å²) in [5, 5.41) is 9.12. The first-order valence-corrected chi connectivity index (χ1v) is 8.77. The molecule has 102 valence electrons. The fourth-order valence-corrected chi connectivity index (χ4v) is 4.97. The molecule has 0 aliphatic heterocycles. The van der Waals surface area contributed by atoms with Gasteiger partial charge in [-0.3, -0.25) is 0 Å². The molecule has 0 radical (unpaired) electrons. The highest BCUT2D eigenvalue weighted by atomic mass is 79.9. The molecule has 1 aromatic rings. The van der Waals surface area contributed by atoms with Crippen molar-refractivity contribution in [1.82, 2.24) is 4.72 Å². The van der Waals surface area contributed by atoms with E-state index in [-0.39, 0.29) is 4.90 Å². The maximum atomic E-state index is 12.4. The van der Waals surface area contributed by atoms with Crippen molar-refractivity contribution in [2.24, 2.45) is 0 Å². The molecule has 1 fully saturated rings. The van der Waals surface area contributed by atoms with Crippen LogP contribution in [0.2, 0.25) is 0 Å². The molecule has 0 aromatic heterocycles. The Morgan fingerprint density at radius 3 is 2.42 bits per heavy atom. The molecule has 1 aliphatic carbocycles. The van der Waals surface area contributed by atoms with Crippen LogP contribution >= 0.6 is 31.9 Å². The van der Waals surface area contributed by atoms with Gasteiger partial charge in [-0.1, -0.05) is 15.9 Å². The molecule has 0 amide bonds. The number of sulfonamides is 1. The Bertz CT molecular complexity index is 661. The molecule has 0 atom stereocenters. The van der Waals surface area contributed by atoms with Gasteiger partial charge < -0.3 is 0 Å². The smallest absolute Gasteiger partial charge is 0.207 e. The Hall–Kier alpha value is -0.420. The van der Waals surface area contributed by atoms with Crippen LogP contribution in [0.3, 0.4) is 0 Å². The van der Waals surface area contributed by atoms with E-state index in [1.165, 1.54) is 0 Å². The average molecular weight is 408 g/mol. The van der Waals surface area contributed by atoms with Gasteiger partial charge in [-0.05, 0) is 59.8 Å². The van der Waals surface area contributed by atoms with Crippen molar-refractivity contribution in [2.45, 2.75) is 36.6 Å². The van der Waals surface area contributed by atoms with Gasteiger partial charge in [0, 0.05) is 8.95 Å². The second-order valence-electron chi connectivity index (χ2n) is 4.68.